The van der Waals surface area contributed by atoms with Crippen molar-refractivity contribution in [2.45, 2.75) is 78.1 Å². The van der Waals surface area contributed by atoms with Crippen LogP contribution in [0.3, 0.4) is 0 Å². The molecular formula is C25H34N2O2. The van der Waals surface area contributed by atoms with Crippen LogP contribution in [0.4, 0.5) is 0 Å². The molecule has 0 radical (unpaired) electrons. The number of benzene rings is 1. The molecule has 156 valence electrons. The van der Waals surface area contributed by atoms with Gasteiger partial charge in [0, 0.05) is 24.0 Å². The Kier molecular flexibility index (Phi) is 10.1. The van der Waals surface area contributed by atoms with E-state index in [-0.39, 0.29) is 0 Å². The monoisotopic (exact) mass is 394 g/mol. The van der Waals surface area contributed by atoms with Crippen molar-refractivity contribution in [3.8, 4) is 11.4 Å². The molecular weight excluding hydrogens is 360 g/mol. The SMILES string of the molecule is CCCCCCCCc1cc(-c2ncc(CCCC)cn2)ccc1C=CC(=O)O. The van der Waals surface area contributed by atoms with Gasteiger partial charge in [-0.25, -0.2) is 14.8 Å². The molecule has 2 aromatic rings. The maximum absolute atomic E-state index is 10.9. The van der Waals surface area contributed by atoms with E-state index in [4.69, 9.17) is 5.11 Å². The molecule has 0 saturated carbocycles. The van der Waals surface area contributed by atoms with Crippen LogP contribution in [0.1, 0.15) is 81.9 Å². The molecule has 0 unspecified atom stereocenters. The molecule has 1 heterocycles. The van der Waals surface area contributed by atoms with Crippen LogP contribution < -0.4 is 0 Å². The molecule has 1 aromatic carbocycles. The van der Waals surface area contributed by atoms with Gasteiger partial charge in [0.05, 0.1) is 0 Å². The Labute approximate surface area is 175 Å². The second-order valence-corrected chi connectivity index (χ2v) is 7.62. The Bertz CT molecular complexity index is 782. The van der Waals surface area contributed by atoms with Gasteiger partial charge in [0.15, 0.2) is 5.82 Å². The first kappa shape index (κ1) is 22.8. The minimum absolute atomic E-state index is 0.725. The highest BCUT2D eigenvalue weighted by Gasteiger charge is 2.07. The summed E-state index contributed by atoms with van der Waals surface area (Å²) in [6.07, 6.45) is 18.4. The Morgan fingerprint density at radius 1 is 0.931 bits per heavy atom. The van der Waals surface area contributed by atoms with Gasteiger partial charge in [0.1, 0.15) is 0 Å². The zero-order valence-corrected chi connectivity index (χ0v) is 17.9. The molecule has 0 bridgehead atoms. The zero-order chi connectivity index (χ0) is 20.9. The highest BCUT2D eigenvalue weighted by atomic mass is 16.4. The first-order chi connectivity index (χ1) is 14.1. The number of hydrogen-bond acceptors (Lipinski definition) is 3. The largest absolute Gasteiger partial charge is 0.478 e. The van der Waals surface area contributed by atoms with Crippen molar-refractivity contribution in [2.24, 2.45) is 0 Å². The third kappa shape index (κ3) is 8.18. The lowest BCUT2D eigenvalue weighted by molar-refractivity contribution is -0.131. The molecule has 0 amide bonds. The maximum Gasteiger partial charge on any atom is 0.328 e. The minimum Gasteiger partial charge on any atom is -0.478 e. The first-order valence-electron chi connectivity index (χ1n) is 11.0. The number of nitrogens with zero attached hydrogens (tertiary/aromatic N) is 2. The average molecular weight is 395 g/mol. The van der Waals surface area contributed by atoms with Gasteiger partial charge in [-0.3, -0.25) is 0 Å². The first-order valence-corrected chi connectivity index (χ1v) is 11.0. The van der Waals surface area contributed by atoms with Crippen LogP contribution in [0, 0.1) is 0 Å². The van der Waals surface area contributed by atoms with E-state index >= 15 is 0 Å². The van der Waals surface area contributed by atoms with E-state index in [1.54, 1.807) is 6.08 Å². The van der Waals surface area contributed by atoms with Crippen molar-refractivity contribution in [3.63, 3.8) is 0 Å². The van der Waals surface area contributed by atoms with Crippen LogP contribution in [-0.2, 0) is 17.6 Å². The highest BCUT2D eigenvalue weighted by molar-refractivity contribution is 5.85. The van der Waals surface area contributed by atoms with E-state index in [2.05, 4.69) is 29.9 Å². The van der Waals surface area contributed by atoms with Gasteiger partial charge in [-0.1, -0.05) is 64.5 Å². The molecule has 0 aliphatic rings. The lowest BCUT2D eigenvalue weighted by Gasteiger charge is -2.10. The average Bonchev–Trinajstić information content (AvgIpc) is 2.74. The van der Waals surface area contributed by atoms with Crippen molar-refractivity contribution < 1.29 is 9.90 Å². The fourth-order valence-electron chi connectivity index (χ4n) is 3.39. The summed E-state index contributed by atoms with van der Waals surface area (Å²) in [4.78, 5) is 20.0. The van der Waals surface area contributed by atoms with Crippen LogP contribution in [-0.4, -0.2) is 21.0 Å². The van der Waals surface area contributed by atoms with Gasteiger partial charge in [-0.15, -0.1) is 0 Å². The number of unbranched alkanes of at least 4 members (excludes halogenated alkanes) is 6. The number of aliphatic carboxylic acids is 1. The number of carboxylic acid groups (broad SMARTS) is 1. The fourth-order valence-corrected chi connectivity index (χ4v) is 3.39. The van der Waals surface area contributed by atoms with E-state index in [9.17, 15) is 4.79 Å². The second kappa shape index (κ2) is 12.9. The van der Waals surface area contributed by atoms with Crippen molar-refractivity contribution >= 4 is 12.0 Å². The molecule has 0 aliphatic carbocycles. The molecule has 1 N–H and O–H groups in total. The molecule has 4 nitrogen and oxygen atoms in total. The summed E-state index contributed by atoms with van der Waals surface area (Å²) in [6, 6.07) is 6.08. The molecule has 2 rings (SSSR count). The van der Waals surface area contributed by atoms with Crippen molar-refractivity contribution in [2.75, 3.05) is 0 Å². The quantitative estimate of drug-likeness (QED) is 0.312. The molecule has 0 saturated heterocycles. The Balaban J connectivity index is 2.13. The van der Waals surface area contributed by atoms with E-state index < -0.39 is 5.97 Å². The van der Waals surface area contributed by atoms with Gasteiger partial charge >= 0.3 is 5.97 Å². The zero-order valence-electron chi connectivity index (χ0n) is 17.9. The normalized spacial score (nSPS) is 11.2. The maximum atomic E-state index is 10.9. The number of hydrogen-bond donors (Lipinski definition) is 1. The predicted octanol–water partition coefficient (Wildman–Crippen LogP) is 6.49. The lowest BCUT2D eigenvalue weighted by Crippen LogP contribution is -1.96. The lowest BCUT2D eigenvalue weighted by atomic mass is 9.97. The van der Waals surface area contributed by atoms with Crippen molar-refractivity contribution in [3.05, 3.63) is 53.4 Å². The standard InChI is InChI=1S/C25H34N2O2/c1-3-5-7-8-9-10-12-22-17-23(14-13-21(22)15-16-24(28)29)25-26-18-20(19-27-25)11-6-4-2/h13-19H,3-12H2,1-2H3,(H,28,29). The van der Waals surface area contributed by atoms with Gasteiger partial charge in [0.2, 0.25) is 0 Å². The summed E-state index contributed by atoms with van der Waals surface area (Å²) in [5, 5.41) is 8.98. The van der Waals surface area contributed by atoms with Crippen LogP contribution in [0.25, 0.3) is 17.5 Å². The predicted molar refractivity (Wildman–Crippen MR) is 120 cm³/mol. The number of carboxylic acids is 1. The Hall–Kier alpha value is -2.49. The molecule has 29 heavy (non-hydrogen) atoms. The number of aromatic nitrogens is 2. The number of rotatable bonds is 13. The van der Waals surface area contributed by atoms with Crippen molar-refractivity contribution in [1.29, 1.82) is 0 Å². The number of carbonyl (C=O) groups is 1. The third-order valence-electron chi connectivity index (χ3n) is 5.13. The Morgan fingerprint density at radius 3 is 2.31 bits per heavy atom. The third-order valence-corrected chi connectivity index (χ3v) is 5.13. The van der Waals surface area contributed by atoms with Crippen LogP contribution in [0.5, 0.6) is 0 Å². The van der Waals surface area contributed by atoms with Crippen LogP contribution in [0.15, 0.2) is 36.7 Å². The van der Waals surface area contributed by atoms with Gasteiger partial charge in [-0.2, -0.15) is 0 Å². The summed E-state index contributed by atoms with van der Waals surface area (Å²) >= 11 is 0. The highest BCUT2D eigenvalue weighted by Crippen LogP contribution is 2.23. The summed E-state index contributed by atoms with van der Waals surface area (Å²) in [7, 11) is 0. The van der Waals surface area contributed by atoms with Crippen molar-refractivity contribution in [1.82, 2.24) is 9.97 Å². The molecule has 0 spiro atoms. The van der Waals surface area contributed by atoms with E-state index in [1.165, 1.54) is 43.7 Å². The fraction of sp³-hybridized carbons (Fsp3) is 0.480. The molecule has 0 aliphatic heterocycles. The molecule has 4 heteroatoms. The van der Waals surface area contributed by atoms with Gasteiger partial charge in [0.25, 0.3) is 0 Å². The van der Waals surface area contributed by atoms with Crippen LogP contribution >= 0.6 is 0 Å². The number of aryl methyl sites for hydroxylation is 2. The topological polar surface area (TPSA) is 63.1 Å². The molecule has 1 aromatic heterocycles. The molecule has 0 atom stereocenters. The summed E-state index contributed by atoms with van der Waals surface area (Å²) in [6.45, 7) is 4.41. The smallest absolute Gasteiger partial charge is 0.328 e. The summed E-state index contributed by atoms with van der Waals surface area (Å²) in [5.74, 6) is -0.200. The minimum atomic E-state index is -0.925. The summed E-state index contributed by atoms with van der Waals surface area (Å²) in [5.41, 5.74) is 4.28. The summed E-state index contributed by atoms with van der Waals surface area (Å²) < 4.78 is 0. The van der Waals surface area contributed by atoms with E-state index in [1.807, 2.05) is 24.5 Å². The van der Waals surface area contributed by atoms with E-state index in [0.717, 1.165) is 54.6 Å². The Morgan fingerprint density at radius 2 is 1.62 bits per heavy atom. The van der Waals surface area contributed by atoms with Gasteiger partial charge in [-0.05, 0) is 54.5 Å². The molecule has 0 fully saturated rings. The van der Waals surface area contributed by atoms with E-state index in [0.29, 0.717) is 0 Å². The van der Waals surface area contributed by atoms with Crippen LogP contribution in [0.2, 0.25) is 0 Å². The van der Waals surface area contributed by atoms with Gasteiger partial charge < -0.3 is 5.11 Å². The second-order valence-electron chi connectivity index (χ2n) is 7.62.